The van der Waals surface area contributed by atoms with Crippen molar-refractivity contribution in [1.82, 2.24) is 5.32 Å². The summed E-state index contributed by atoms with van der Waals surface area (Å²) in [6, 6.07) is 11.9. The fourth-order valence-electron chi connectivity index (χ4n) is 3.45. The summed E-state index contributed by atoms with van der Waals surface area (Å²) in [4.78, 5) is 29.3. The number of fused-ring (bicyclic) bond motifs is 1. The predicted molar refractivity (Wildman–Crippen MR) is 128 cm³/mol. The van der Waals surface area contributed by atoms with Gasteiger partial charge < -0.3 is 24.8 Å². The van der Waals surface area contributed by atoms with Gasteiger partial charge in [0.15, 0.2) is 6.10 Å². The lowest BCUT2D eigenvalue weighted by molar-refractivity contribution is -0.129. The van der Waals surface area contributed by atoms with Crippen molar-refractivity contribution in [2.24, 2.45) is 0 Å². The van der Waals surface area contributed by atoms with Crippen molar-refractivity contribution >= 4 is 35.0 Å². The summed E-state index contributed by atoms with van der Waals surface area (Å²) < 4.78 is 11.6. The van der Waals surface area contributed by atoms with Crippen LogP contribution in [0.3, 0.4) is 0 Å². The Balaban J connectivity index is 1.92. The van der Waals surface area contributed by atoms with Crippen LogP contribution in [0.25, 0.3) is 0 Å². The van der Waals surface area contributed by atoms with Gasteiger partial charge in [0.05, 0.1) is 35.6 Å². The first-order valence-corrected chi connectivity index (χ1v) is 11.0. The molecule has 0 bridgehead atoms. The number of aliphatic hydroxyl groups excluding tert-OH is 1. The van der Waals surface area contributed by atoms with Crippen molar-refractivity contribution in [2.75, 3.05) is 37.0 Å². The maximum atomic E-state index is 13.1. The first-order valence-electron chi connectivity index (χ1n) is 10.6. The molecule has 2 aromatic rings. The first kappa shape index (κ1) is 24.7. The molecule has 2 N–H and O–H groups in total. The molecule has 2 unspecified atom stereocenters. The topological polar surface area (TPSA) is 91.3 Å². The van der Waals surface area contributed by atoms with Gasteiger partial charge in [-0.25, -0.2) is 4.79 Å². The van der Waals surface area contributed by atoms with Crippen LogP contribution in [-0.4, -0.2) is 56.1 Å². The van der Waals surface area contributed by atoms with E-state index in [0.29, 0.717) is 22.1 Å². The molecule has 1 aliphatic rings. The highest BCUT2D eigenvalue weighted by Crippen LogP contribution is 2.41. The van der Waals surface area contributed by atoms with Gasteiger partial charge in [0.1, 0.15) is 11.4 Å². The Labute approximate surface area is 199 Å². The summed E-state index contributed by atoms with van der Waals surface area (Å²) in [6.45, 7) is 4.95. The summed E-state index contributed by atoms with van der Waals surface area (Å²) in [5, 5.41) is 13.1. The minimum atomic E-state index is -1.01. The van der Waals surface area contributed by atoms with Crippen molar-refractivity contribution in [3.8, 4) is 5.75 Å². The lowest BCUT2D eigenvalue weighted by atomic mass is 10.1. The molecule has 8 nitrogen and oxygen atoms in total. The Morgan fingerprint density at radius 2 is 1.94 bits per heavy atom. The van der Waals surface area contributed by atoms with Crippen LogP contribution >= 0.6 is 11.6 Å². The Morgan fingerprint density at radius 3 is 2.52 bits per heavy atom. The van der Waals surface area contributed by atoms with E-state index >= 15 is 0 Å². The molecule has 2 amide bonds. The smallest absolute Gasteiger partial charge is 0.415 e. The molecular formula is C24H30ClN3O5. The van der Waals surface area contributed by atoms with Crippen LogP contribution in [0.2, 0.25) is 5.02 Å². The molecule has 2 atom stereocenters. The zero-order valence-electron chi connectivity index (χ0n) is 19.5. The van der Waals surface area contributed by atoms with E-state index in [9.17, 15) is 14.7 Å². The van der Waals surface area contributed by atoms with Crippen LogP contribution in [0.15, 0.2) is 42.5 Å². The third kappa shape index (κ3) is 5.89. The van der Waals surface area contributed by atoms with Gasteiger partial charge in [0.2, 0.25) is 0 Å². The number of carbonyl (C=O) groups excluding carboxylic acids is 2. The van der Waals surface area contributed by atoms with Gasteiger partial charge in [-0.3, -0.25) is 9.69 Å². The Kier molecular flexibility index (Phi) is 7.39. The molecule has 0 fully saturated rings. The molecule has 178 valence electrons. The van der Waals surface area contributed by atoms with Gasteiger partial charge in [-0.1, -0.05) is 41.9 Å². The van der Waals surface area contributed by atoms with Gasteiger partial charge in [-0.15, -0.1) is 0 Å². The lowest BCUT2D eigenvalue weighted by Gasteiger charge is -2.36. The molecule has 9 heteroatoms. The van der Waals surface area contributed by atoms with Crippen molar-refractivity contribution in [3.05, 3.63) is 53.1 Å². The largest absolute Gasteiger partial charge is 0.476 e. The number of nitrogens with zero attached hydrogens (tertiary/aromatic N) is 2. The molecule has 2 aromatic carbocycles. The molecule has 1 aliphatic heterocycles. The second kappa shape index (κ2) is 9.89. The predicted octanol–water partition coefficient (Wildman–Crippen LogP) is 3.76. The monoisotopic (exact) mass is 475 g/mol. The zero-order chi connectivity index (χ0) is 24.3. The number of hydrogen-bond acceptors (Lipinski definition) is 6. The number of rotatable bonds is 5. The Hall–Kier alpha value is -2.97. The molecule has 0 saturated heterocycles. The van der Waals surface area contributed by atoms with Crippen LogP contribution in [-0.2, 0) is 9.53 Å². The third-order valence-corrected chi connectivity index (χ3v) is 5.33. The van der Waals surface area contributed by atoms with Gasteiger partial charge >= 0.3 is 6.09 Å². The molecule has 1 heterocycles. The average Bonchev–Trinajstić information content (AvgIpc) is 2.75. The fraction of sp³-hybridized carbons (Fsp3) is 0.417. The van der Waals surface area contributed by atoms with Gasteiger partial charge in [-0.05, 0) is 32.4 Å². The highest BCUT2D eigenvalue weighted by Gasteiger charge is 2.37. The molecule has 0 aromatic heterocycles. The zero-order valence-corrected chi connectivity index (χ0v) is 20.2. The number of carbonyl (C=O) groups is 2. The molecule has 0 aliphatic carbocycles. The van der Waals surface area contributed by atoms with E-state index in [1.54, 1.807) is 32.9 Å². The number of amides is 2. The van der Waals surface area contributed by atoms with Gasteiger partial charge in [-0.2, -0.15) is 0 Å². The maximum Gasteiger partial charge on any atom is 0.415 e. The summed E-state index contributed by atoms with van der Waals surface area (Å²) in [7, 11) is 3.66. The molecule has 0 spiro atoms. The van der Waals surface area contributed by atoms with E-state index in [4.69, 9.17) is 21.1 Å². The standard InChI is InChI=1S/C24H30ClN3O5/c1-24(2,3)33-23(31)28-13-21(22(30)26-17(14-29)15-9-7-6-8-10-15)32-20-12-18(27(4)5)16(25)11-19(20)28/h6-12,17,21,29H,13-14H2,1-5H3,(H,26,30). The summed E-state index contributed by atoms with van der Waals surface area (Å²) in [5.41, 5.74) is 1.13. The highest BCUT2D eigenvalue weighted by atomic mass is 35.5. The van der Waals surface area contributed by atoms with Crippen molar-refractivity contribution in [1.29, 1.82) is 0 Å². The minimum absolute atomic E-state index is 0.0711. The molecular weight excluding hydrogens is 446 g/mol. The first-order chi connectivity index (χ1) is 15.5. The fourth-order valence-corrected chi connectivity index (χ4v) is 3.77. The summed E-state index contributed by atoms with van der Waals surface area (Å²) in [6.07, 6.45) is -1.63. The molecule has 33 heavy (non-hydrogen) atoms. The molecule has 0 radical (unpaired) electrons. The van der Waals surface area contributed by atoms with Gasteiger partial charge in [0, 0.05) is 20.2 Å². The number of anilines is 2. The number of nitrogens with one attached hydrogen (secondary N) is 1. The maximum absolute atomic E-state index is 13.1. The normalized spacial score (nSPS) is 16.3. The highest BCUT2D eigenvalue weighted by molar-refractivity contribution is 6.33. The van der Waals surface area contributed by atoms with Crippen molar-refractivity contribution in [2.45, 2.75) is 38.5 Å². The van der Waals surface area contributed by atoms with Crippen LogP contribution in [0.4, 0.5) is 16.2 Å². The van der Waals surface area contributed by atoms with E-state index in [1.165, 1.54) is 4.90 Å². The number of benzene rings is 2. The number of ether oxygens (including phenoxy) is 2. The number of halogens is 1. The third-order valence-electron chi connectivity index (χ3n) is 5.03. The average molecular weight is 476 g/mol. The van der Waals surface area contributed by atoms with E-state index in [1.807, 2.05) is 49.3 Å². The van der Waals surface area contributed by atoms with Crippen LogP contribution in [0, 0.1) is 0 Å². The van der Waals surface area contributed by atoms with Gasteiger partial charge in [0.25, 0.3) is 5.91 Å². The molecule has 3 rings (SSSR count). The Morgan fingerprint density at radius 1 is 1.27 bits per heavy atom. The van der Waals surface area contributed by atoms with Crippen molar-refractivity contribution < 1.29 is 24.2 Å². The van der Waals surface area contributed by atoms with Crippen molar-refractivity contribution in [3.63, 3.8) is 0 Å². The SMILES string of the molecule is CN(C)c1cc2c(cc1Cl)N(C(=O)OC(C)(C)C)CC(C(=O)NC(CO)c1ccccc1)O2. The number of hydrogen-bond donors (Lipinski definition) is 2. The number of aliphatic hydroxyl groups is 1. The van der Waals surface area contributed by atoms with E-state index in [0.717, 1.165) is 5.56 Å². The quantitative estimate of drug-likeness (QED) is 0.684. The Bertz CT molecular complexity index is 1010. The molecule has 0 saturated carbocycles. The van der Waals surface area contributed by atoms with E-state index < -0.39 is 29.7 Å². The lowest BCUT2D eigenvalue weighted by Crippen LogP contribution is -2.52. The summed E-state index contributed by atoms with van der Waals surface area (Å²) in [5.74, 6) is -0.126. The minimum Gasteiger partial charge on any atom is -0.476 e. The van der Waals surface area contributed by atoms with E-state index in [-0.39, 0.29) is 13.2 Å². The van der Waals surface area contributed by atoms with Crippen LogP contribution in [0.5, 0.6) is 5.75 Å². The van der Waals surface area contributed by atoms with E-state index in [2.05, 4.69) is 5.32 Å². The second-order valence-corrected chi connectivity index (χ2v) is 9.42. The van der Waals surface area contributed by atoms with Crippen LogP contribution in [0.1, 0.15) is 32.4 Å². The van der Waals surface area contributed by atoms with Crippen LogP contribution < -0.4 is 19.9 Å². The second-order valence-electron chi connectivity index (χ2n) is 9.02. The summed E-state index contributed by atoms with van der Waals surface area (Å²) >= 11 is 6.43.